The molecule has 0 radical (unpaired) electrons. The number of aryl methyl sites for hydroxylation is 1. The lowest BCUT2D eigenvalue weighted by atomic mass is 10.2. The lowest BCUT2D eigenvalue weighted by Gasteiger charge is -2.05. The van der Waals surface area contributed by atoms with Crippen LogP contribution in [0.2, 0.25) is 0 Å². The maximum Gasteiger partial charge on any atom is 0.122 e. The third-order valence-electron chi connectivity index (χ3n) is 2.84. The fourth-order valence-corrected chi connectivity index (χ4v) is 2.45. The maximum absolute atomic E-state index is 8.68. The first kappa shape index (κ1) is 14.6. The highest BCUT2D eigenvalue weighted by Gasteiger charge is 2.00. The minimum atomic E-state index is 0.112. The van der Waals surface area contributed by atoms with Crippen LogP contribution in [0, 0.1) is 11.8 Å². The second-order valence-electron chi connectivity index (χ2n) is 4.36. The summed E-state index contributed by atoms with van der Waals surface area (Å²) < 4.78 is 5.75. The number of hydrogen-bond acceptors (Lipinski definition) is 3. The number of aliphatic hydroxyl groups excluding tert-OH is 1. The number of benzene rings is 1. The molecule has 1 heterocycles. The summed E-state index contributed by atoms with van der Waals surface area (Å²) in [6, 6.07) is 10.2. The van der Waals surface area contributed by atoms with Crippen LogP contribution in [-0.4, -0.2) is 11.7 Å². The van der Waals surface area contributed by atoms with E-state index in [2.05, 4.69) is 30.9 Å². The Morgan fingerprint density at radius 1 is 1.25 bits per heavy atom. The molecule has 2 nitrogen and oxygen atoms in total. The van der Waals surface area contributed by atoms with E-state index in [4.69, 9.17) is 9.84 Å². The first-order valence-electron chi connectivity index (χ1n) is 6.70. The van der Waals surface area contributed by atoms with Crippen molar-refractivity contribution in [3.8, 4) is 17.6 Å². The second kappa shape index (κ2) is 7.74. The Morgan fingerprint density at radius 2 is 2.05 bits per heavy atom. The van der Waals surface area contributed by atoms with E-state index in [-0.39, 0.29) is 6.61 Å². The Kier molecular flexibility index (Phi) is 5.67. The molecule has 0 atom stereocenters. The Bertz CT molecular complexity index is 587. The van der Waals surface area contributed by atoms with E-state index in [0.717, 1.165) is 22.6 Å². The summed E-state index contributed by atoms with van der Waals surface area (Å²) in [6.07, 6.45) is 1.56. The van der Waals surface area contributed by atoms with Gasteiger partial charge in [0, 0.05) is 22.2 Å². The highest BCUT2D eigenvalue weighted by atomic mass is 32.1. The lowest BCUT2D eigenvalue weighted by Crippen LogP contribution is -1.92. The van der Waals surface area contributed by atoms with Gasteiger partial charge in [0.15, 0.2) is 0 Å². The van der Waals surface area contributed by atoms with Crippen molar-refractivity contribution in [2.75, 3.05) is 6.61 Å². The second-order valence-corrected chi connectivity index (χ2v) is 5.36. The van der Waals surface area contributed by atoms with Gasteiger partial charge in [-0.05, 0) is 30.2 Å². The fraction of sp³-hybridized carbons (Fsp3) is 0.294. The fourth-order valence-electron chi connectivity index (χ4n) is 1.72. The molecule has 1 N–H and O–H groups in total. The molecule has 20 heavy (non-hydrogen) atoms. The van der Waals surface area contributed by atoms with Crippen LogP contribution in [0.15, 0.2) is 35.7 Å². The maximum atomic E-state index is 8.68. The molecule has 2 rings (SSSR count). The van der Waals surface area contributed by atoms with E-state index < -0.39 is 0 Å². The quantitative estimate of drug-likeness (QED) is 0.851. The van der Waals surface area contributed by atoms with E-state index in [0.29, 0.717) is 13.0 Å². The average molecular weight is 286 g/mol. The zero-order valence-electron chi connectivity index (χ0n) is 11.6. The molecule has 0 fully saturated rings. The van der Waals surface area contributed by atoms with E-state index >= 15 is 0 Å². The largest absolute Gasteiger partial charge is 0.488 e. The first-order valence-corrected chi connectivity index (χ1v) is 7.58. The average Bonchev–Trinajstić information content (AvgIpc) is 2.94. The molecule has 2 aromatic rings. The van der Waals surface area contributed by atoms with Gasteiger partial charge in [-0.3, -0.25) is 0 Å². The van der Waals surface area contributed by atoms with Gasteiger partial charge in [0.2, 0.25) is 0 Å². The molecule has 0 bridgehead atoms. The van der Waals surface area contributed by atoms with Gasteiger partial charge in [-0.15, -0.1) is 11.3 Å². The number of thiophene rings is 1. The van der Waals surface area contributed by atoms with Crippen LogP contribution in [0.3, 0.4) is 0 Å². The third-order valence-corrected chi connectivity index (χ3v) is 3.75. The number of ether oxygens (including phenoxy) is 1. The molecule has 0 amide bonds. The first-order chi connectivity index (χ1) is 9.81. The van der Waals surface area contributed by atoms with Crippen LogP contribution < -0.4 is 4.74 Å². The summed E-state index contributed by atoms with van der Waals surface area (Å²) in [6.45, 7) is 2.82. The van der Waals surface area contributed by atoms with Crippen molar-refractivity contribution in [1.29, 1.82) is 0 Å². The molecule has 104 valence electrons. The van der Waals surface area contributed by atoms with Gasteiger partial charge in [0.25, 0.3) is 0 Å². The van der Waals surface area contributed by atoms with Gasteiger partial charge >= 0.3 is 0 Å². The molecule has 0 saturated carbocycles. The summed E-state index contributed by atoms with van der Waals surface area (Å²) in [7, 11) is 0. The Balaban J connectivity index is 1.89. The predicted molar refractivity (Wildman–Crippen MR) is 83.1 cm³/mol. The van der Waals surface area contributed by atoms with Crippen LogP contribution in [0.25, 0.3) is 0 Å². The van der Waals surface area contributed by atoms with Gasteiger partial charge < -0.3 is 9.84 Å². The van der Waals surface area contributed by atoms with E-state index in [1.54, 1.807) is 11.3 Å². The monoisotopic (exact) mass is 286 g/mol. The van der Waals surface area contributed by atoms with Crippen molar-refractivity contribution in [3.05, 3.63) is 51.7 Å². The van der Waals surface area contributed by atoms with E-state index in [1.165, 1.54) is 5.56 Å². The van der Waals surface area contributed by atoms with Crippen molar-refractivity contribution >= 4 is 11.3 Å². The summed E-state index contributed by atoms with van der Waals surface area (Å²) in [5.41, 5.74) is 2.30. The summed E-state index contributed by atoms with van der Waals surface area (Å²) >= 11 is 1.64. The van der Waals surface area contributed by atoms with Crippen molar-refractivity contribution in [2.45, 2.75) is 26.4 Å². The van der Waals surface area contributed by atoms with Gasteiger partial charge in [0.05, 0.1) is 6.61 Å². The summed E-state index contributed by atoms with van der Waals surface area (Å²) in [4.78, 5) is 1.15. The van der Waals surface area contributed by atoms with Crippen molar-refractivity contribution in [1.82, 2.24) is 0 Å². The molecule has 3 heteroatoms. The topological polar surface area (TPSA) is 29.5 Å². The van der Waals surface area contributed by atoms with Crippen LogP contribution in [0.5, 0.6) is 5.75 Å². The molecular weight excluding hydrogens is 268 g/mol. The predicted octanol–water partition coefficient (Wildman–Crippen LogP) is 3.62. The van der Waals surface area contributed by atoms with E-state index in [9.17, 15) is 0 Å². The van der Waals surface area contributed by atoms with Gasteiger partial charge in [0.1, 0.15) is 12.4 Å². The van der Waals surface area contributed by atoms with Crippen LogP contribution in [0.4, 0.5) is 0 Å². The molecule has 0 aliphatic carbocycles. The molecule has 0 spiro atoms. The Morgan fingerprint density at radius 3 is 2.75 bits per heavy atom. The SMILES string of the molecule is CCc1ccc(OCc2cc(C#CCCO)cs2)cc1. The number of hydrogen-bond donors (Lipinski definition) is 1. The van der Waals surface area contributed by atoms with Crippen LogP contribution in [0.1, 0.15) is 29.3 Å². The smallest absolute Gasteiger partial charge is 0.122 e. The lowest BCUT2D eigenvalue weighted by molar-refractivity contribution is 0.305. The van der Waals surface area contributed by atoms with Gasteiger partial charge in [-0.2, -0.15) is 0 Å². The minimum Gasteiger partial charge on any atom is -0.488 e. The summed E-state index contributed by atoms with van der Waals surface area (Å²) in [5.74, 6) is 6.83. The zero-order valence-corrected chi connectivity index (χ0v) is 12.4. The normalized spacial score (nSPS) is 9.90. The number of rotatable bonds is 5. The molecule has 0 aliphatic rings. The summed E-state index contributed by atoms with van der Waals surface area (Å²) in [5, 5.41) is 10.7. The minimum absolute atomic E-state index is 0.112. The van der Waals surface area contributed by atoms with Gasteiger partial charge in [-0.25, -0.2) is 0 Å². The zero-order chi connectivity index (χ0) is 14.2. The van der Waals surface area contributed by atoms with Crippen molar-refractivity contribution < 1.29 is 9.84 Å². The Hall–Kier alpha value is -1.76. The number of aliphatic hydroxyl groups is 1. The van der Waals surface area contributed by atoms with Crippen LogP contribution in [-0.2, 0) is 13.0 Å². The highest BCUT2D eigenvalue weighted by molar-refractivity contribution is 7.10. The Labute approximate surface area is 124 Å². The third kappa shape index (κ3) is 4.41. The van der Waals surface area contributed by atoms with Gasteiger partial charge in [-0.1, -0.05) is 30.9 Å². The molecule has 0 saturated heterocycles. The standard InChI is InChI=1S/C17H18O2S/c1-2-14-6-8-16(9-7-14)19-12-17-11-15(13-20-17)5-3-4-10-18/h6-9,11,13,18H,2,4,10,12H2,1H3. The molecule has 1 aromatic carbocycles. The van der Waals surface area contributed by atoms with Crippen LogP contribution >= 0.6 is 11.3 Å². The van der Waals surface area contributed by atoms with E-state index in [1.807, 2.05) is 23.6 Å². The molecule has 0 aliphatic heterocycles. The highest BCUT2D eigenvalue weighted by Crippen LogP contribution is 2.18. The van der Waals surface area contributed by atoms with Crippen molar-refractivity contribution in [2.24, 2.45) is 0 Å². The molecule has 1 aromatic heterocycles. The molecule has 0 unspecified atom stereocenters. The molecular formula is C17H18O2S. The van der Waals surface area contributed by atoms with Crippen molar-refractivity contribution in [3.63, 3.8) is 0 Å².